The van der Waals surface area contributed by atoms with Crippen molar-refractivity contribution in [2.24, 2.45) is 0 Å². The Labute approximate surface area is 104 Å². The lowest BCUT2D eigenvalue weighted by Gasteiger charge is -2.12. The number of nitro groups is 1. The van der Waals surface area contributed by atoms with Gasteiger partial charge in [0.05, 0.1) is 6.61 Å². The van der Waals surface area contributed by atoms with E-state index in [-0.39, 0.29) is 12.6 Å². The number of alkyl halides is 1. The Morgan fingerprint density at radius 3 is 2.94 bits per heavy atom. The molecule has 2 rings (SSSR count). The van der Waals surface area contributed by atoms with Crippen molar-refractivity contribution in [1.29, 1.82) is 0 Å². The second kappa shape index (κ2) is 4.69. The van der Waals surface area contributed by atoms with Gasteiger partial charge in [-0.25, -0.2) is 4.57 Å². The lowest BCUT2D eigenvalue weighted by Crippen LogP contribution is -2.29. The highest BCUT2D eigenvalue weighted by Gasteiger charge is 2.46. The fraction of sp³-hybridized carbons (Fsp3) is 0.625. The van der Waals surface area contributed by atoms with Crippen molar-refractivity contribution >= 4 is 21.9 Å². The van der Waals surface area contributed by atoms with Crippen LogP contribution in [0.4, 0.5) is 5.95 Å². The Hall–Kier alpha value is -1.03. The Morgan fingerprint density at radius 2 is 2.41 bits per heavy atom. The Bertz CT molecular complexity index is 425. The fourth-order valence-electron chi connectivity index (χ4n) is 1.72. The quantitative estimate of drug-likeness (QED) is 0.455. The van der Waals surface area contributed by atoms with Crippen LogP contribution >= 0.6 is 15.9 Å². The van der Waals surface area contributed by atoms with E-state index in [1.807, 2.05) is 0 Å². The van der Waals surface area contributed by atoms with E-state index >= 15 is 0 Å². The molecule has 2 N–H and O–H groups in total. The highest BCUT2D eigenvalue weighted by molar-refractivity contribution is 9.09. The van der Waals surface area contributed by atoms with Gasteiger partial charge in [0.15, 0.2) is 6.23 Å². The zero-order valence-electron chi connectivity index (χ0n) is 8.51. The molecule has 1 aliphatic heterocycles. The maximum atomic E-state index is 10.7. The molecule has 0 aliphatic carbocycles. The molecule has 2 heterocycles. The van der Waals surface area contributed by atoms with Crippen LogP contribution in [0.5, 0.6) is 0 Å². The molecule has 1 saturated heterocycles. The number of halogens is 1. The Kier molecular flexibility index (Phi) is 3.43. The third-order valence-corrected chi connectivity index (χ3v) is 3.55. The first-order valence-corrected chi connectivity index (χ1v) is 5.73. The number of ether oxygens (including phenoxy) is 1. The average Bonchev–Trinajstić information content (AvgIpc) is 2.86. The molecule has 0 radical (unpaired) electrons. The van der Waals surface area contributed by atoms with Gasteiger partial charge in [-0.2, -0.15) is 0 Å². The van der Waals surface area contributed by atoms with Crippen LogP contribution in [0, 0.1) is 10.1 Å². The predicted molar refractivity (Wildman–Crippen MR) is 58.6 cm³/mol. The van der Waals surface area contributed by atoms with Crippen molar-refractivity contribution in [3.63, 3.8) is 0 Å². The lowest BCUT2D eigenvalue weighted by atomic mass is 10.2. The van der Waals surface area contributed by atoms with Crippen molar-refractivity contribution in [3.8, 4) is 0 Å². The second-order valence-electron chi connectivity index (χ2n) is 3.57. The zero-order chi connectivity index (χ0) is 12.6. The van der Waals surface area contributed by atoms with Crippen LogP contribution in [0.15, 0.2) is 12.4 Å². The predicted octanol–water partition coefficient (Wildman–Crippen LogP) is -0.195. The van der Waals surface area contributed by atoms with E-state index in [9.17, 15) is 15.2 Å². The number of hydrogen-bond acceptors (Lipinski definition) is 6. The Balaban J connectivity index is 2.29. The number of hydrogen-bond donors (Lipinski definition) is 2. The van der Waals surface area contributed by atoms with Crippen LogP contribution in [0.1, 0.15) is 6.23 Å². The van der Waals surface area contributed by atoms with E-state index in [0.717, 1.165) is 0 Å². The summed E-state index contributed by atoms with van der Waals surface area (Å²) < 4.78 is 6.55. The van der Waals surface area contributed by atoms with E-state index in [0.29, 0.717) is 0 Å². The SMILES string of the molecule is O=[N+]([O-])c1nccn1[C@@H]1OC(CO)[C@@H](O)[C@H]1Br. The number of imidazole rings is 1. The molecule has 94 valence electrons. The molecule has 0 spiro atoms. The first-order valence-electron chi connectivity index (χ1n) is 4.82. The van der Waals surface area contributed by atoms with Gasteiger partial charge in [0, 0.05) is 0 Å². The molecule has 1 unspecified atom stereocenters. The van der Waals surface area contributed by atoms with E-state index < -0.39 is 28.2 Å². The van der Waals surface area contributed by atoms with Gasteiger partial charge in [-0.3, -0.25) is 0 Å². The van der Waals surface area contributed by atoms with Gasteiger partial charge in [0.25, 0.3) is 0 Å². The van der Waals surface area contributed by atoms with Gasteiger partial charge in [0.1, 0.15) is 29.4 Å². The molecular formula is C8H10BrN3O5. The molecule has 0 amide bonds. The third kappa shape index (κ3) is 2.06. The van der Waals surface area contributed by atoms with Crippen LogP contribution in [0.2, 0.25) is 0 Å². The minimum atomic E-state index is -0.938. The van der Waals surface area contributed by atoms with Gasteiger partial charge in [0.2, 0.25) is 0 Å². The average molecular weight is 308 g/mol. The normalized spacial score (nSPS) is 32.9. The van der Waals surface area contributed by atoms with Crippen LogP contribution in [-0.4, -0.2) is 48.3 Å². The first-order chi connectivity index (χ1) is 8.06. The Morgan fingerprint density at radius 1 is 1.71 bits per heavy atom. The molecule has 8 nitrogen and oxygen atoms in total. The minimum absolute atomic E-state index is 0.359. The summed E-state index contributed by atoms with van der Waals surface area (Å²) in [5.41, 5.74) is 0. The molecule has 1 fully saturated rings. The van der Waals surface area contributed by atoms with Gasteiger partial charge in [-0.15, -0.1) is 0 Å². The monoisotopic (exact) mass is 307 g/mol. The lowest BCUT2D eigenvalue weighted by molar-refractivity contribution is -0.398. The van der Waals surface area contributed by atoms with E-state index in [4.69, 9.17) is 9.84 Å². The number of rotatable bonds is 3. The van der Waals surface area contributed by atoms with Gasteiger partial charge in [-0.1, -0.05) is 20.9 Å². The minimum Gasteiger partial charge on any atom is -0.394 e. The smallest absolute Gasteiger partial charge is 0.394 e. The molecule has 1 aliphatic rings. The van der Waals surface area contributed by atoms with Gasteiger partial charge >= 0.3 is 5.95 Å². The molecule has 0 saturated carbocycles. The van der Waals surface area contributed by atoms with Crippen LogP contribution < -0.4 is 0 Å². The molecule has 4 atom stereocenters. The van der Waals surface area contributed by atoms with E-state index in [1.165, 1.54) is 17.0 Å². The largest absolute Gasteiger partial charge is 0.436 e. The van der Waals surface area contributed by atoms with Gasteiger partial charge < -0.3 is 25.1 Å². The standard InChI is InChI=1S/C8H10BrN3O5/c9-5-6(14)4(3-13)17-7(5)11-2-1-10-8(11)12(15)16/h1-2,4-7,13-14H,3H2/t4?,5-,6-,7-/m1/s1. The van der Waals surface area contributed by atoms with Crippen molar-refractivity contribution < 1.29 is 19.9 Å². The molecule has 0 bridgehead atoms. The summed E-state index contributed by atoms with van der Waals surface area (Å²) in [6.45, 7) is -0.359. The number of aliphatic hydroxyl groups excluding tert-OH is 2. The third-order valence-electron chi connectivity index (χ3n) is 2.56. The summed E-state index contributed by atoms with van der Waals surface area (Å²) in [6, 6.07) is 0. The molecule has 0 aromatic carbocycles. The summed E-state index contributed by atoms with van der Waals surface area (Å²) >= 11 is 3.20. The highest BCUT2D eigenvalue weighted by Crippen LogP contribution is 2.36. The summed E-state index contributed by atoms with van der Waals surface area (Å²) in [6.07, 6.45) is 0.187. The summed E-state index contributed by atoms with van der Waals surface area (Å²) in [4.78, 5) is 13.1. The second-order valence-corrected chi connectivity index (χ2v) is 4.63. The van der Waals surface area contributed by atoms with Crippen LogP contribution in [0.3, 0.4) is 0 Å². The zero-order valence-corrected chi connectivity index (χ0v) is 10.1. The summed E-state index contributed by atoms with van der Waals surface area (Å²) in [7, 11) is 0. The summed E-state index contributed by atoms with van der Waals surface area (Å²) in [5, 5.41) is 29.4. The van der Waals surface area contributed by atoms with Crippen molar-refractivity contribution in [2.75, 3.05) is 6.61 Å². The van der Waals surface area contributed by atoms with Crippen LogP contribution in [0.25, 0.3) is 0 Å². The topological polar surface area (TPSA) is 111 Å². The fourth-order valence-corrected chi connectivity index (χ4v) is 2.44. The molecule has 1 aromatic heterocycles. The molecule has 9 heteroatoms. The first kappa shape index (κ1) is 12.4. The molecule has 1 aromatic rings. The van der Waals surface area contributed by atoms with Crippen molar-refractivity contribution in [1.82, 2.24) is 9.55 Å². The van der Waals surface area contributed by atoms with Crippen molar-refractivity contribution in [2.45, 2.75) is 23.3 Å². The van der Waals surface area contributed by atoms with E-state index in [1.54, 1.807) is 0 Å². The van der Waals surface area contributed by atoms with E-state index in [2.05, 4.69) is 20.9 Å². The van der Waals surface area contributed by atoms with Crippen molar-refractivity contribution in [3.05, 3.63) is 22.5 Å². The van der Waals surface area contributed by atoms with Crippen LogP contribution in [-0.2, 0) is 4.74 Å². The summed E-state index contributed by atoms with van der Waals surface area (Å²) in [5.74, 6) is -0.370. The maximum Gasteiger partial charge on any atom is 0.436 e. The van der Waals surface area contributed by atoms with Gasteiger partial charge in [-0.05, 0) is 4.92 Å². The molecular weight excluding hydrogens is 298 g/mol. The number of nitrogens with zero attached hydrogens (tertiary/aromatic N) is 3. The molecule has 17 heavy (non-hydrogen) atoms. The number of aromatic nitrogens is 2. The number of aliphatic hydroxyl groups is 2. The maximum absolute atomic E-state index is 10.7. The highest BCUT2D eigenvalue weighted by atomic mass is 79.9.